The standard InChI is InChI=1S/C14H11N5OS/c15-10-12-13(6-8-20-11-4-2-1-3-5-11)19(18-17-12)14-16-7-9-21-14/h1-5,7,9H,6,8H2. The lowest BCUT2D eigenvalue weighted by Gasteiger charge is -2.06. The van der Waals surface area contributed by atoms with Gasteiger partial charge in [-0.05, 0) is 12.1 Å². The third-order valence-corrected chi connectivity index (χ3v) is 3.57. The summed E-state index contributed by atoms with van der Waals surface area (Å²) in [5.41, 5.74) is 1.02. The fourth-order valence-electron chi connectivity index (χ4n) is 1.87. The predicted octanol–water partition coefficient (Wildman–Crippen LogP) is 2.22. The van der Waals surface area contributed by atoms with Gasteiger partial charge >= 0.3 is 0 Å². The van der Waals surface area contributed by atoms with Crippen LogP contribution in [0.2, 0.25) is 0 Å². The van der Waals surface area contributed by atoms with E-state index in [2.05, 4.69) is 21.4 Å². The van der Waals surface area contributed by atoms with E-state index in [1.54, 1.807) is 10.9 Å². The van der Waals surface area contributed by atoms with Crippen molar-refractivity contribution in [1.29, 1.82) is 5.26 Å². The average Bonchev–Trinajstić information content (AvgIpc) is 3.17. The number of nitrogens with zero attached hydrogens (tertiary/aromatic N) is 5. The molecule has 6 nitrogen and oxygen atoms in total. The molecule has 3 aromatic rings. The smallest absolute Gasteiger partial charge is 0.211 e. The molecule has 0 saturated carbocycles. The third-order valence-electron chi connectivity index (χ3n) is 2.82. The molecule has 0 N–H and O–H groups in total. The Morgan fingerprint density at radius 1 is 1.29 bits per heavy atom. The molecule has 7 heteroatoms. The molecule has 2 aromatic heterocycles. The second-order valence-electron chi connectivity index (χ2n) is 4.13. The SMILES string of the molecule is N#Cc1nnn(-c2nccs2)c1CCOc1ccccc1. The van der Waals surface area contributed by atoms with Crippen molar-refractivity contribution in [1.82, 2.24) is 20.0 Å². The highest BCUT2D eigenvalue weighted by molar-refractivity contribution is 7.12. The van der Waals surface area contributed by atoms with Crippen molar-refractivity contribution in [3.05, 3.63) is 53.3 Å². The molecule has 3 rings (SSSR count). The van der Waals surface area contributed by atoms with E-state index >= 15 is 0 Å². The maximum atomic E-state index is 9.12. The first-order valence-corrected chi connectivity index (χ1v) is 7.19. The van der Waals surface area contributed by atoms with Crippen LogP contribution in [0.1, 0.15) is 11.4 Å². The van der Waals surface area contributed by atoms with E-state index in [1.807, 2.05) is 35.7 Å². The lowest BCUT2D eigenvalue weighted by Crippen LogP contribution is -2.08. The lowest BCUT2D eigenvalue weighted by atomic mass is 10.2. The summed E-state index contributed by atoms with van der Waals surface area (Å²) in [4.78, 5) is 4.19. The molecule has 0 aliphatic heterocycles. The Bertz CT molecular complexity index is 746. The van der Waals surface area contributed by atoms with Gasteiger partial charge in [-0.2, -0.15) is 9.94 Å². The van der Waals surface area contributed by atoms with E-state index in [1.165, 1.54) is 11.3 Å². The molecule has 0 aliphatic rings. The minimum atomic E-state index is 0.307. The highest BCUT2D eigenvalue weighted by Gasteiger charge is 2.15. The highest BCUT2D eigenvalue weighted by Crippen LogP contribution is 2.16. The van der Waals surface area contributed by atoms with Gasteiger partial charge in [-0.1, -0.05) is 23.4 Å². The van der Waals surface area contributed by atoms with E-state index in [0.717, 1.165) is 5.75 Å². The fraction of sp³-hybridized carbons (Fsp3) is 0.143. The number of hydrogen-bond acceptors (Lipinski definition) is 6. The van der Waals surface area contributed by atoms with Crippen molar-refractivity contribution in [2.24, 2.45) is 0 Å². The first kappa shape index (κ1) is 13.3. The number of thiazole rings is 1. The molecular weight excluding hydrogens is 286 g/mol. The summed E-state index contributed by atoms with van der Waals surface area (Å²) in [6.45, 7) is 0.442. The Kier molecular flexibility index (Phi) is 3.89. The number of ether oxygens (including phenoxy) is 1. The number of nitriles is 1. The first-order chi connectivity index (χ1) is 10.4. The van der Waals surface area contributed by atoms with Crippen LogP contribution in [0.15, 0.2) is 41.9 Å². The summed E-state index contributed by atoms with van der Waals surface area (Å²) < 4.78 is 7.25. The maximum absolute atomic E-state index is 9.12. The van der Waals surface area contributed by atoms with Gasteiger partial charge in [0.05, 0.1) is 12.3 Å². The van der Waals surface area contributed by atoms with Crippen molar-refractivity contribution in [3.63, 3.8) is 0 Å². The molecule has 1 aromatic carbocycles. The van der Waals surface area contributed by atoms with E-state index < -0.39 is 0 Å². The summed E-state index contributed by atoms with van der Waals surface area (Å²) in [6.07, 6.45) is 2.22. The molecule has 0 radical (unpaired) electrons. The van der Waals surface area contributed by atoms with Crippen molar-refractivity contribution >= 4 is 11.3 Å². The second-order valence-corrected chi connectivity index (χ2v) is 5.01. The van der Waals surface area contributed by atoms with E-state index in [-0.39, 0.29) is 0 Å². The predicted molar refractivity (Wildman–Crippen MR) is 77.4 cm³/mol. The van der Waals surface area contributed by atoms with Crippen LogP contribution in [0.3, 0.4) is 0 Å². The van der Waals surface area contributed by atoms with Crippen molar-refractivity contribution in [2.45, 2.75) is 6.42 Å². The zero-order chi connectivity index (χ0) is 14.5. The van der Waals surface area contributed by atoms with Crippen LogP contribution in [0.5, 0.6) is 5.75 Å². The Hall–Kier alpha value is -2.72. The normalized spacial score (nSPS) is 10.2. The van der Waals surface area contributed by atoms with Crippen LogP contribution >= 0.6 is 11.3 Å². The summed E-state index contributed by atoms with van der Waals surface area (Å²) in [5.74, 6) is 0.796. The molecule has 0 fully saturated rings. The summed E-state index contributed by atoms with van der Waals surface area (Å²) in [7, 11) is 0. The third kappa shape index (κ3) is 2.90. The van der Waals surface area contributed by atoms with Gasteiger partial charge in [-0.3, -0.25) is 0 Å². The van der Waals surface area contributed by atoms with E-state index in [9.17, 15) is 0 Å². The zero-order valence-electron chi connectivity index (χ0n) is 11.0. The van der Waals surface area contributed by atoms with Gasteiger partial charge in [-0.25, -0.2) is 4.98 Å². The van der Waals surface area contributed by atoms with Crippen LogP contribution in [0.4, 0.5) is 0 Å². The molecule has 0 bridgehead atoms. The Labute approximate surface area is 125 Å². The molecule has 0 atom stereocenters. The Morgan fingerprint density at radius 2 is 2.14 bits per heavy atom. The molecule has 21 heavy (non-hydrogen) atoms. The lowest BCUT2D eigenvalue weighted by molar-refractivity contribution is 0.319. The van der Waals surface area contributed by atoms with Crippen LogP contribution in [-0.2, 0) is 6.42 Å². The van der Waals surface area contributed by atoms with Crippen molar-refractivity contribution in [2.75, 3.05) is 6.61 Å². The molecule has 104 valence electrons. The maximum Gasteiger partial charge on any atom is 0.211 e. The van der Waals surface area contributed by atoms with Gasteiger partial charge in [0.1, 0.15) is 11.8 Å². The summed E-state index contributed by atoms with van der Waals surface area (Å²) >= 11 is 1.44. The Morgan fingerprint density at radius 3 is 2.86 bits per heavy atom. The van der Waals surface area contributed by atoms with Gasteiger partial charge in [0.25, 0.3) is 0 Å². The number of aromatic nitrogens is 4. The van der Waals surface area contributed by atoms with Gasteiger partial charge < -0.3 is 4.74 Å². The first-order valence-electron chi connectivity index (χ1n) is 6.31. The van der Waals surface area contributed by atoms with Gasteiger partial charge in [0.2, 0.25) is 5.13 Å². The summed E-state index contributed by atoms with van der Waals surface area (Å²) in [6, 6.07) is 11.6. The molecule has 0 saturated heterocycles. The van der Waals surface area contributed by atoms with Gasteiger partial charge in [0.15, 0.2) is 5.69 Å². The van der Waals surface area contributed by atoms with Crippen LogP contribution < -0.4 is 4.74 Å². The average molecular weight is 297 g/mol. The van der Waals surface area contributed by atoms with Crippen LogP contribution in [0.25, 0.3) is 5.13 Å². The number of hydrogen-bond donors (Lipinski definition) is 0. The zero-order valence-corrected chi connectivity index (χ0v) is 11.8. The molecule has 2 heterocycles. The second kappa shape index (κ2) is 6.15. The summed E-state index contributed by atoms with van der Waals surface area (Å²) in [5, 5.41) is 19.5. The van der Waals surface area contributed by atoms with Crippen LogP contribution in [-0.4, -0.2) is 26.6 Å². The fourth-order valence-corrected chi connectivity index (χ4v) is 2.48. The van der Waals surface area contributed by atoms with Gasteiger partial charge in [0, 0.05) is 18.0 Å². The van der Waals surface area contributed by atoms with E-state index in [4.69, 9.17) is 10.00 Å². The molecule has 0 spiro atoms. The Balaban J connectivity index is 1.75. The molecule has 0 amide bonds. The highest BCUT2D eigenvalue weighted by atomic mass is 32.1. The molecule has 0 aliphatic carbocycles. The quantitative estimate of drug-likeness (QED) is 0.721. The van der Waals surface area contributed by atoms with Crippen molar-refractivity contribution in [3.8, 4) is 17.0 Å². The van der Waals surface area contributed by atoms with Crippen molar-refractivity contribution < 1.29 is 4.74 Å². The topological polar surface area (TPSA) is 76.6 Å². The number of rotatable bonds is 5. The largest absolute Gasteiger partial charge is 0.493 e. The number of benzene rings is 1. The van der Waals surface area contributed by atoms with Crippen LogP contribution in [0, 0.1) is 11.3 Å². The molecule has 0 unspecified atom stereocenters. The number of para-hydroxylation sites is 1. The van der Waals surface area contributed by atoms with E-state index in [0.29, 0.717) is 29.5 Å². The van der Waals surface area contributed by atoms with Gasteiger partial charge in [-0.15, -0.1) is 16.4 Å². The minimum Gasteiger partial charge on any atom is -0.493 e. The molecular formula is C14H11N5OS. The monoisotopic (exact) mass is 297 g/mol. The minimum absolute atomic E-state index is 0.307.